The second kappa shape index (κ2) is 6.59. The number of hydrogen-bond donors (Lipinski definition) is 1. The van der Waals surface area contributed by atoms with Crippen LogP contribution in [0.1, 0.15) is 31.4 Å². The molecule has 1 unspecified atom stereocenters. The Morgan fingerprint density at radius 2 is 2.30 bits per heavy atom. The van der Waals surface area contributed by atoms with E-state index in [1.54, 1.807) is 0 Å². The molecule has 0 bridgehead atoms. The summed E-state index contributed by atoms with van der Waals surface area (Å²) in [6.45, 7) is 6.27. The fourth-order valence-electron chi connectivity index (χ4n) is 2.64. The molecule has 1 aliphatic rings. The summed E-state index contributed by atoms with van der Waals surface area (Å²) in [7, 11) is 0. The highest BCUT2D eigenvalue weighted by molar-refractivity contribution is 9.10. The number of aliphatic carboxylic acids is 1. The second-order valence-electron chi connectivity index (χ2n) is 5.16. The van der Waals surface area contributed by atoms with Crippen molar-refractivity contribution in [1.82, 2.24) is 4.90 Å². The molecule has 4 nitrogen and oxygen atoms in total. The minimum absolute atomic E-state index is 0.00790. The van der Waals surface area contributed by atoms with Gasteiger partial charge in [-0.3, -0.25) is 9.69 Å². The third kappa shape index (κ3) is 3.52. The molecule has 1 N–H and O–H groups in total. The van der Waals surface area contributed by atoms with Gasteiger partial charge in [-0.25, -0.2) is 0 Å². The van der Waals surface area contributed by atoms with E-state index in [0.29, 0.717) is 6.54 Å². The lowest BCUT2D eigenvalue weighted by atomic mass is 10.1. The summed E-state index contributed by atoms with van der Waals surface area (Å²) < 4.78 is 6.78. The summed E-state index contributed by atoms with van der Waals surface area (Å²) in [6.07, 6.45) is 1.10. The minimum atomic E-state index is -0.758. The predicted molar refractivity (Wildman–Crippen MR) is 81.1 cm³/mol. The van der Waals surface area contributed by atoms with Gasteiger partial charge in [0.25, 0.3) is 0 Å². The lowest BCUT2D eigenvalue weighted by Crippen LogP contribution is -2.34. The maximum atomic E-state index is 10.9. The highest BCUT2D eigenvalue weighted by Gasteiger charge is 2.21. The molecule has 0 aromatic heterocycles. The number of carbonyl (C=O) groups is 1. The Labute approximate surface area is 127 Å². The summed E-state index contributed by atoms with van der Waals surface area (Å²) in [4.78, 5) is 13.0. The van der Waals surface area contributed by atoms with E-state index in [1.807, 2.05) is 6.92 Å². The van der Waals surface area contributed by atoms with Crippen LogP contribution in [0.4, 0.5) is 0 Å². The monoisotopic (exact) mass is 341 g/mol. The van der Waals surface area contributed by atoms with Gasteiger partial charge >= 0.3 is 5.97 Å². The van der Waals surface area contributed by atoms with Crippen LogP contribution < -0.4 is 4.74 Å². The summed E-state index contributed by atoms with van der Waals surface area (Å²) in [5.74, 6) is 0.223. The first kappa shape index (κ1) is 15.3. The summed E-state index contributed by atoms with van der Waals surface area (Å²) in [6, 6.07) is 4.18. The van der Waals surface area contributed by atoms with Crippen LogP contribution in [0, 0.1) is 0 Å². The van der Waals surface area contributed by atoms with Gasteiger partial charge in [-0.1, -0.05) is 22.9 Å². The average Bonchev–Trinajstić information content (AvgIpc) is 2.82. The third-order valence-corrected chi connectivity index (χ3v) is 4.16. The number of ether oxygens (including phenoxy) is 1. The number of rotatable bonds is 6. The molecule has 110 valence electrons. The Kier molecular flexibility index (Phi) is 5.05. The molecular weight excluding hydrogens is 322 g/mol. The van der Waals surface area contributed by atoms with Crippen molar-refractivity contribution in [2.24, 2.45) is 0 Å². The van der Waals surface area contributed by atoms with E-state index >= 15 is 0 Å². The molecule has 1 aliphatic heterocycles. The van der Waals surface area contributed by atoms with Crippen LogP contribution in [0.25, 0.3) is 0 Å². The molecule has 1 atom stereocenters. The van der Waals surface area contributed by atoms with Gasteiger partial charge in [-0.05, 0) is 31.2 Å². The van der Waals surface area contributed by atoms with Crippen LogP contribution in [-0.2, 0) is 17.8 Å². The van der Waals surface area contributed by atoms with Crippen LogP contribution in [-0.4, -0.2) is 35.2 Å². The molecular formula is C15H20BrNO3. The Bertz CT molecular complexity index is 504. The maximum absolute atomic E-state index is 10.9. The molecule has 1 heterocycles. The first-order valence-corrected chi connectivity index (χ1v) is 7.70. The standard InChI is InChI=1S/C15H20BrNO3/c1-3-17(10(2)6-14(18)19)9-12-8-13(16)7-11-4-5-20-15(11)12/h7-8,10H,3-6,9H2,1-2H3,(H,18,19). The molecule has 20 heavy (non-hydrogen) atoms. The normalized spacial score (nSPS) is 15.0. The van der Waals surface area contributed by atoms with Gasteiger partial charge in [-0.2, -0.15) is 0 Å². The quantitative estimate of drug-likeness (QED) is 0.863. The molecule has 0 aliphatic carbocycles. The Hall–Kier alpha value is -1.07. The van der Waals surface area contributed by atoms with Crippen molar-refractivity contribution in [3.8, 4) is 5.75 Å². The zero-order chi connectivity index (χ0) is 14.7. The Balaban J connectivity index is 2.17. The van der Waals surface area contributed by atoms with Crippen molar-refractivity contribution in [2.45, 2.75) is 39.3 Å². The van der Waals surface area contributed by atoms with Crippen molar-refractivity contribution >= 4 is 21.9 Å². The number of hydrogen-bond acceptors (Lipinski definition) is 3. The van der Waals surface area contributed by atoms with Crippen molar-refractivity contribution < 1.29 is 14.6 Å². The number of carboxylic acids is 1. The number of nitrogens with zero attached hydrogens (tertiary/aromatic N) is 1. The molecule has 1 aromatic carbocycles. The van der Waals surface area contributed by atoms with E-state index in [1.165, 1.54) is 5.56 Å². The smallest absolute Gasteiger partial charge is 0.304 e. The molecule has 0 saturated carbocycles. The van der Waals surface area contributed by atoms with Crippen LogP contribution >= 0.6 is 15.9 Å². The van der Waals surface area contributed by atoms with Gasteiger partial charge in [0.15, 0.2) is 0 Å². The van der Waals surface area contributed by atoms with E-state index in [-0.39, 0.29) is 12.5 Å². The van der Waals surface area contributed by atoms with E-state index in [0.717, 1.165) is 35.4 Å². The molecule has 5 heteroatoms. The number of fused-ring (bicyclic) bond motifs is 1. The molecule has 0 radical (unpaired) electrons. The van der Waals surface area contributed by atoms with Gasteiger partial charge in [0.2, 0.25) is 0 Å². The van der Waals surface area contributed by atoms with Crippen LogP contribution in [0.2, 0.25) is 0 Å². The van der Waals surface area contributed by atoms with E-state index < -0.39 is 5.97 Å². The van der Waals surface area contributed by atoms with Gasteiger partial charge in [0.05, 0.1) is 13.0 Å². The third-order valence-electron chi connectivity index (χ3n) is 3.70. The maximum Gasteiger partial charge on any atom is 0.304 e. The molecule has 0 fully saturated rings. The van der Waals surface area contributed by atoms with Crippen molar-refractivity contribution in [2.75, 3.05) is 13.2 Å². The van der Waals surface area contributed by atoms with Crippen LogP contribution in [0.3, 0.4) is 0 Å². The largest absolute Gasteiger partial charge is 0.493 e. The van der Waals surface area contributed by atoms with Crippen molar-refractivity contribution in [3.63, 3.8) is 0 Å². The molecule has 1 aromatic rings. The van der Waals surface area contributed by atoms with Gasteiger partial charge in [-0.15, -0.1) is 0 Å². The van der Waals surface area contributed by atoms with E-state index in [2.05, 4.69) is 39.9 Å². The minimum Gasteiger partial charge on any atom is -0.493 e. The topological polar surface area (TPSA) is 49.8 Å². The van der Waals surface area contributed by atoms with Gasteiger partial charge in [0.1, 0.15) is 5.75 Å². The summed E-state index contributed by atoms with van der Waals surface area (Å²) >= 11 is 3.54. The zero-order valence-electron chi connectivity index (χ0n) is 11.9. The molecule has 2 rings (SSSR count). The first-order valence-electron chi connectivity index (χ1n) is 6.91. The van der Waals surface area contributed by atoms with E-state index in [9.17, 15) is 4.79 Å². The van der Waals surface area contributed by atoms with Crippen molar-refractivity contribution in [1.29, 1.82) is 0 Å². The first-order chi connectivity index (χ1) is 9.51. The lowest BCUT2D eigenvalue weighted by Gasteiger charge is -2.27. The van der Waals surface area contributed by atoms with Gasteiger partial charge < -0.3 is 9.84 Å². The Morgan fingerprint density at radius 3 is 2.95 bits per heavy atom. The molecule has 0 amide bonds. The summed E-state index contributed by atoms with van der Waals surface area (Å²) in [5, 5.41) is 8.93. The van der Waals surface area contributed by atoms with Crippen LogP contribution in [0.5, 0.6) is 5.75 Å². The zero-order valence-corrected chi connectivity index (χ0v) is 13.4. The van der Waals surface area contributed by atoms with Crippen molar-refractivity contribution in [3.05, 3.63) is 27.7 Å². The lowest BCUT2D eigenvalue weighted by molar-refractivity contribution is -0.138. The summed E-state index contributed by atoms with van der Waals surface area (Å²) in [5.41, 5.74) is 2.36. The highest BCUT2D eigenvalue weighted by atomic mass is 79.9. The number of benzene rings is 1. The predicted octanol–water partition coefficient (Wildman–Crippen LogP) is 3.07. The fourth-order valence-corrected chi connectivity index (χ4v) is 3.20. The van der Waals surface area contributed by atoms with Gasteiger partial charge in [0, 0.05) is 29.0 Å². The highest BCUT2D eigenvalue weighted by Crippen LogP contribution is 2.34. The number of halogens is 1. The fraction of sp³-hybridized carbons (Fsp3) is 0.533. The SMILES string of the molecule is CCN(Cc1cc(Br)cc2c1OCC2)C(C)CC(=O)O. The molecule has 0 saturated heterocycles. The van der Waals surface area contributed by atoms with E-state index in [4.69, 9.17) is 9.84 Å². The Morgan fingerprint density at radius 1 is 1.55 bits per heavy atom. The molecule has 0 spiro atoms. The average molecular weight is 342 g/mol. The second-order valence-corrected chi connectivity index (χ2v) is 6.08. The number of carboxylic acid groups (broad SMARTS) is 1. The van der Waals surface area contributed by atoms with Crippen LogP contribution in [0.15, 0.2) is 16.6 Å².